The molecular weight excluding hydrogens is 667 g/mol. The maximum absolute atomic E-state index is 13.9. The summed E-state index contributed by atoms with van der Waals surface area (Å²) in [5, 5.41) is 19.3. The topological polar surface area (TPSA) is 150 Å². The molecule has 0 saturated heterocycles. The summed E-state index contributed by atoms with van der Waals surface area (Å²) in [5.41, 5.74) is 2.74. The van der Waals surface area contributed by atoms with Crippen molar-refractivity contribution in [1.29, 1.82) is 0 Å². The molecule has 48 heavy (non-hydrogen) atoms. The van der Waals surface area contributed by atoms with Crippen LogP contribution in [0.2, 0.25) is 5.02 Å². The molecule has 18 heteroatoms. The van der Waals surface area contributed by atoms with Crippen LogP contribution in [0.15, 0.2) is 60.0 Å². The lowest BCUT2D eigenvalue weighted by Gasteiger charge is -2.22. The first kappa shape index (κ1) is 34.2. The molecule has 1 amide bonds. The van der Waals surface area contributed by atoms with Crippen LogP contribution in [0.3, 0.4) is 0 Å². The van der Waals surface area contributed by atoms with E-state index in [1.54, 1.807) is 49.1 Å². The highest BCUT2D eigenvalue weighted by Crippen LogP contribution is 2.35. The molecule has 6 rings (SSSR count). The van der Waals surface area contributed by atoms with Crippen molar-refractivity contribution in [2.75, 3.05) is 5.32 Å². The molecule has 2 N–H and O–H groups in total. The number of aromatic nitrogens is 7. The van der Waals surface area contributed by atoms with E-state index in [0.717, 1.165) is 10.9 Å². The molecule has 0 aliphatic carbocycles. The van der Waals surface area contributed by atoms with Crippen molar-refractivity contribution in [3.8, 4) is 22.5 Å². The molecule has 252 valence electrons. The van der Waals surface area contributed by atoms with E-state index in [1.807, 2.05) is 0 Å². The van der Waals surface area contributed by atoms with Gasteiger partial charge in [0.25, 0.3) is 5.56 Å². The quantitative estimate of drug-likeness (QED) is 0.216. The number of aryl methyl sites for hydroxylation is 1. The van der Waals surface area contributed by atoms with Gasteiger partial charge in [0.05, 0.1) is 53.0 Å². The fraction of sp³-hybridized carbons (Fsp3) is 0.300. The number of halogens is 6. The number of alkyl halides is 5. The van der Waals surface area contributed by atoms with Crippen molar-refractivity contribution in [1.82, 2.24) is 34.1 Å². The summed E-state index contributed by atoms with van der Waals surface area (Å²) in [4.78, 5) is 44.5. The van der Waals surface area contributed by atoms with E-state index >= 15 is 0 Å². The second kappa shape index (κ2) is 13.5. The average Bonchev–Trinajstić information content (AvgIpc) is 3.62. The Morgan fingerprint density at radius 3 is 2.48 bits per heavy atom. The molecule has 1 aromatic carbocycles. The number of benzene rings is 1. The van der Waals surface area contributed by atoms with E-state index in [0.29, 0.717) is 51.5 Å². The predicted molar refractivity (Wildman–Crippen MR) is 163 cm³/mol. The van der Waals surface area contributed by atoms with Crippen LogP contribution in [0.4, 0.5) is 27.6 Å². The number of carboxylic acid groups (broad SMARTS) is 1. The van der Waals surface area contributed by atoms with Crippen molar-refractivity contribution in [3.05, 3.63) is 76.3 Å². The Morgan fingerprint density at radius 2 is 1.81 bits per heavy atom. The molecule has 0 saturated carbocycles. The van der Waals surface area contributed by atoms with Gasteiger partial charge in [0, 0.05) is 46.8 Å². The first-order chi connectivity index (χ1) is 22.6. The minimum Gasteiger partial charge on any atom is -0.475 e. The fourth-order valence-corrected chi connectivity index (χ4v) is 5.53. The Labute approximate surface area is 272 Å². The molecule has 2 atom stereocenters. The number of carbonyl (C=O) groups excluding carboxylic acids is 1. The molecule has 5 heterocycles. The summed E-state index contributed by atoms with van der Waals surface area (Å²) in [7, 11) is 1.81. The first-order valence-electron chi connectivity index (χ1n) is 14.3. The van der Waals surface area contributed by atoms with Gasteiger partial charge in [-0.15, -0.1) is 0 Å². The Bertz CT molecular complexity index is 2060. The van der Waals surface area contributed by atoms with E-state index in [9.17, 15) is 31.5 Å². The minimum absolute atomic E-state index is 0.0609. The zero-order valence-corrected chi connectivity index (χ0v) is 25.9. The van der Waals surface area contributed by atoms with Gasteiger partial charge in [-0.3, -0.25) is 23.8 Å². The van der Waals surface area contributed by atoms with Crippen LogP contribution >= 0.6 is 11.6 Å². The number of nitrogens with one attached hydrogen (secondary N) is 1. The summed E-state index contributed by atoms with van der Waals surface area (Å²) in [6, 6.07) is 7.65. The van der Waals surface area contributed by atoms with Crippen molar-refractivity contribution < 1.29 is 36.6 Å². The third-order valence-electron chi connectivity index (χ3n) is 7.72. The summed E-state index contributed by atoms with van der Waals surface area (Å²) in [5.74, 6) is -3.45. The van der Waals surface area contributed by atoms with Crippen LogP contribution in [0.25, 0.3) is 33.4 Å². The molecule has 12 nitrogen and oxygen atoms in total. The minimum atomic E-state index is -5.08. The number of carbonyl (C=O) groups is 2. The Kier molecular flexibility index (Phi) is 9.61. The van der Waals surface area contributed by atoms with E-state index < -0.39 is 30.7 Å². The molecule has 1 aliphatic heterocycles. The van der Waals surface area contributed by atoms with E-state index in [-0.39, 0.29) is 22.8 Å². The number of nitrogens with zero attached hydrogens (tertiary/aromatic N) is 7. The monoisotopic (exact) mass is 692 g/mol. The van der Waals surface area contributed by atoms with Gasteiger partial charge in [-0.05, 0) is 37.1 Å². The van der Waals surface area contributed by atoms with Gasteiger partial charge in [0.2, 0.25) is 5.91 Å². The fourth-order valence-electron chi connectivity index (χ4n) is 5.32. The molecule has 0 spiro atoms. The zero-order chi connectivity index (χ0) is 34.9. The summed E-state index contributed by atoms with van der Waals surface area (Å²) >= 11 is 6.36. The number of hydrogen-bond acceptors (Lipinski definition) is 7. The van der Waals surface area contributed by atoms with Crippen molar-refractivity contribution >= 4 is 40.1 Å². The van der Waals surface area contributed by atoms with Gasteiger partial charge in [-0.1, -0.05) is 24.9 Å². The third kappa shape index (κ3) is 7.05. The van der Waals surface area contributed by atoms with Gasteiger partial charge in [0.1, 0.15) is 0 Å². The number of hydrogen-bond donors (Lipinski definition) is 2. The molecule has 0 unspecified atom stereocenters. The van der Waals surface area contributed by atoms with Crippen LogP contribution in [0, 0.1) is 5.92 Å². The third-order valence-corrected chi connectivity index (χ3v) is 7.94. The normalized spacial score (nSPS) is 16.7. The largest absolute Gasteiger partial charge is 0.490 e. The Hall–Kier alpha value is -5.19. The molecule has 2 bridgehead atoms. The van der Waals surface area contributed by atoms with E-state index in [2.05, 4.69) is 25.5 Å². The van der Waals surface area contributed by atoms with Crippen LogP contribution in [0.1, 0.15) is 44.5 Å². The maximum atomic E-state index is 13.9. The lowest BCUT2D eigenvalue weighted by atomic mass is 9.97. The van der Waals surface area contributed by atoms with Gasteiger partial charge in [0.15, 0.2) is 0 Å². The highest BCUT2D eigenvalue weighted by Gasteiger charge is 2.38. The van der Waals surface area contributed by atoms with Crippen molar-refractivity contribution in [2.24, 2.45) is 13.0 Å². The Morgan fingerprint density at radius 1 is 1.08 bits per heavy atom. The summed E-state index contributed by atoms with van der Waals surface area (Å²) in [6.07, 6.45) is 2.40. The number of fused-ring (bicyclic) bond motifs is 5. The van der Waals surface area contributed by atoms with E-state index in [1.165, 1.54) is 29.4 Å². The SMILES string of the molecule is C[C@@H]1CCC[C@H](n2cnc(-c3cc(Cl)cc4c3cnn4C)cc2=O)c2cc(ccn2)-c2c(cnn2C(F)F)NC1=O.O=C(O)C(F)(F)F. The highest BCUT2D eigenvalue weighted by molar-refractivity contribution is 6.31. The molecule has 0 radical (unpaired) electrons. The second-order valence-corrected chi connectivity index (χ2v) is 11.3. The maximum Gasteiger partial charge on any atom is 0.490 e. The number of carboxylic acids is 1. The summed E-state index contributed by atoms with van der Waals surface area (Å²) < 4.78 is 63.3. The summed E-state index contributed by atoms with van der Waals surface area (Å²) in [6.45, 7) is -1.15. The van der Waals surface area contributed by atoms with Gasteiger partial charge in [-0.25, -0.2) is 14.5 Å². The molecular formula is C30H26ClF5N8O4. The number of pyridine rings is 1. The van der Waals surface area contributed by atoms with E-state index in [4.69, 9.17) is 21.5 Å². The van der Waals surface area contributed by atoms with Crippen LogP contribution in [-0.2, 0) is 16.6 Å². The number of rotatable bonds is 3. The number of aliphatic carboxylic acids is 1. The molecule has 4 aromatic heterocycles. The van der Waals surface area contributed by atoms with Crippen LogP contribution in [-0.4, -0.2) is 57.3 Å². The zero-order valence-electron chi connectivity index (χ0n) is 25.1. The lowest BCUT2D eigenvalue weighted by Crippen LogP contribution is -2.27. The Balaban J connectivity index is 0.000000582. The van der Waals surface area contributed by atoms with Gasteiger partial charge >= 0.3 is 18.7 Å². The predicted octanol–water partition coefficient (Wildman–Crippen LogP) is 6.09. The molecule has 0 fully saturated rings. The average molecular weight is 693 g/mol. The van der Waals surface area contributed by atoms with Gasteiger partial charge < -0.3 is 10.4 Å². The van der Waals surface area contributed by atoms with Gasteiger partial charge in [-0.2, -0.15) is 32.1 Å². The lowest BCUT2D eigenvalue weighted by molar-refractivity contribution is -0.192. The van der Waals surface area contributed by atoms with Crippen LogP contribution < -0.4 is 10.9 Å². The highest BCUT2D eigenvalue weighted by atomic mass is 35.5. The molecule has 1 aliphatic rings. The van der Waals surface area contributed by atoms with Crippen molar-refractivity contribution in [3.63, 3.8) is 0 Å². The number of anilines is 1. The second-order valence-electron chi connectivity index (χ2n) is 10.9. The number of amides is 1. The standard InChI is InChI=1S/C28H25ClF2N8O2.C2HF3O2/c1-15-4-3-5-23(21-8-16(6-7-32-21)26-22(36-27(15)41)13-35-39(26)28(30)31)38-14-33-20(11-25(38)40)18-9-17(29)10-24-19(18)12-34-37(24)2;3-2(4,5)1(6)7/h6-15,23,28H,3-5H2,1-2H3,(H,36,41);(H,6,7)/t15-,23+;/m1./s1. The van der Waals surface area contributed by atoms with Crippen molar-refractivity contribution in [2.45, 2.75) is 45.0 Å². The smallest absolute Gasteiger partial charge is 0.475 e. The van der Waals surface area contributed by atoms with Crippen LogP contribution in [0.5, 0.6) is 0 Å². The first-order valence-corrected chi connectivity index (χ1v) is 14.7. The molecule has 5 aromatic rings.